The second kappa shape index (κ2) is 4.53. The molecule has 0 amide bonds. The van der Waals surface area contributed by atoms with E-state index in [2.05, 4.69) is 20.1 Å². The van der Waals surface area contributed by atoms with Gasteiger partial charge in [-0.25, -0.2) is 4.98 Å². The summed E-state index contributed by atoms with van der Waals surface area (Å²) in [4.78, 5) is 6.30. The van der Waals surface area contributed by atoms with Crippen molar-refractivity contribution in [3.63, 3.8) is 0 Å². The van der Waals surface area contributed by atoms with E-state index in [9.17, 15) is 0 Å². The van der Waals surface area contributed by atoms with Gasteiger partial charge in [0.15, 0.2) is 0 Å². The molecule has 15 heavy (non-hydrogen) atoms. The molecule has 0 aromatic carbocycles. The molecular weight excluding hydrogens is 190 g/mol. The lowest BCUT2D eigenvalue weighted by Gasteiger charge is -2.33. The van der Waals surface area contributed by atoms with Crippen molar-refractivity contribution in [2.24, 2.45) is 5.73 Å². The molecule has 82 valence electrons. The maximum atomic E-state index is 5.87. The molecule has 0 bridgehead atoms. The first-order chi connectivity index (χ1) is 7.27. The van der Waals surface area contributed by atoms with E-state index in [1.807, 2.05) is 7.05 Å². The van der Waals surface area contributed by atoms with Crippen LogP contribution < -0.4 is 10.6 Å². The lowest BCUT2D eigenvalue weighted by Crippen LogP contribution is -2.39. The summed E-state index contributed by atoms with van der Waals surface area (Å²) in [7, 11) is 2.03. The zero-order valence-electron chi connectivity index (χ0n) is 9.00. The smallest absolute Gasteiger partial charge is 0.245 e. The Hall–Kier alpha value is -1.23. The summed E-state index contributed by atoms with van der Waals surface area (Å²) in [5.74, 6) is 0.706. The van der Waals surface area contributed by atoms with Crippen LogP contribution in [-0.4, -0.2) is 34.3 Å². The summed E-state index contributed by atoms with van der Waals surface area (Å²) in [5.41, 5.74) is 5.87. The summed E-state index contributed by atoms with van der Waals surface area (Å²) in [5, 5.41) is 7.84. The van der Waals surface area contributed by atoms with Crippen molar-refractivity contribution in [1.29, 1.82) is 0 Å². The Morgan fingerprint density at radius 2 is 2.00 bits per heavy atom. The van der Waals surface area contributed by atoms with Gasteiger partial charge in [0.1, 0.15) is 0 Å². The molecule has 0 saturated heterocycles. The number of rotatable bonds is 2. The molecule has 1 heterocycles. The van der Waals surface area contributed by atoms with Crippen LogP contribution in [0.1, 0.15) is 25.7 Å². The minimum absolute atomic E-state index is 0.379. The van der Waals surface area contributed by atoms with Crippen molar-refractivity contribution in [3.8, 4) is 0 Å². The van der Waals surface area contributed by atoms with Crippen LogP contribution >= 0.6 is 0 Å². The van der Waals surface area contributed by atoms with Gasteiger partial charge < -0.3 is 10.6 Å². The lowest BCUT2D eigenvalue weighted by molar-refractivity contribution is 0.382. The highest BCUT2D eigenvalue weighted by molar-refractivity contribution is 5.27. The van der Waals surface area contributed by atoms with E-state index in [0.717, 1.165) is 25.7 Å². The Kier molecular flexibility index (Phi) is 3.11. The minimum Gasteiger partial charge on any atom is -0.340 e. The number of hydrogen-bond donors (Lipinski definition) is 1. The summed E-state index contributed by atoms with van der Waals surface area (Å²) < 4.78 is 0. The third kappa shape index (κ3) is 2.41. The third-order valence-corrected chi connectivity index (χ3v) is 3.08. The molecule has 1 aromatic rings. The minimum atomic E-state index is 0.379. The van der Waals surface area contributed by atoms with E-state index in [1.54, 1.807) is 12.4 Å². The van der Waals surface area contributed by atoms with Crippen molar-refractivity contribution in [2.45, 2.75) is 37.8 Å². The molecule has 0 unspecified atom stereocenters. The second-order valence-electron chi connectivity index (χ2n) is 4.12. The van der Waals surface area contributed by atoms with Gasteiger partial charge in [-0.1, -0.05) is 0 Å². The number of anilines is 1. The average Bonchev–Trinajstić information content (AvgIpc) is 2.30. The summed E-state index contributed by atoms with van der Waals surface area (Å²) in [6.45, 7) is 0. The van der Waals surface area contributed by atoms with Gasteiger partial charge in [0.05, 0.1) is 12.4 Å². The monoisotopic (exact) mass is 207 g/mol. The number of aromatic nitrogens is 3. The zero-order chi connectivity index (χ0) is 10.7. The van der Waals surface area contributed by atoms with Crippen LogP contribution in [0.5, 0.6) is 0 Å². The molecule has 0 aliphatic heterocycles. The van der Waals surface area contributed by atoms with Crippen molar-refractivity contribution in [1.82, 2.24) is 15.2 Å². The van der Waals surface area contributed by atoms with E-state index >= 15 is 0 Å². The maximum absolute atomic E-state index is 5.87. The van der Waals surface area contributed by atoms with Gasteiger partial charge in [0.25, 0.3) is 0 Å². The van der Waals surface area contributed by atoms with Gasteiger partial charge in [-0.05, 0) is 25.7 Å². The van der Waals surface area contributed by atoms with Crippen LogP contribution in [0.4, 0.5) is 5.95 Å². The summed E-state index contributed by atoms with van der Waals surface area (Å²) in [6.07, 6.45) is 7.69. The molecule has 1 saturated carbocycles. The Morgan fingerprint density at radius 1 is 1.27 bits per heavy atom. The fraction of sp³-hybridized carbons (Fsp3) is 0.700. The first-order valence-corrected chi connectivity index (χ1v) is 5.39. The fourth-order valence-electron chi connectivity index (χ4n) is 2.05. The van der Waals surface area contributed by atoms with Crippen molar-refractivity contribution < 1.29 is 0 Å². The van der Waals surface area contributed by atoms with Crippen LogP contribution in [0.3, 0.4) is 0 Å². The Morgan fingerprint density at radius 3 is 2.60 bits per heavy atom. The van der Waals surface area contributed by atoms with E-state index < -0.39 is 0 Å². The standard InChI is InChI=1S/C10H17N5/c1-15(10-12-6-7-13-14-10)9-4-2-8(11)3-5-9/h6-9H,2-5,11H2,1H3. The molecule has 1 fully saturated rings. The van der Waals surface area contributed by atoms with Gasteiger partial charge in [0, 0.05) is 19.1 Å². The van der Waals surface area contributed by atoms with E-state index in [4.69, 9.17) is 5.73 Å². The van der Waals surface area contributed by atoms with Crippen molar-refractivity contribution in [3.05, 3.63) is 12.4 Å². The molecule has 5 nitrogen and oxygen atoms in total. The van der Waals surface area contributed by atoms with Crippen molar-refractivity contribution in [2.75, 3.05) is 11.9 Å². The SMILES string of the molecule is CN(c1nccnn1)C1CCC(N)CC1. The molecule has 0 radical (unpaired) electrons. The Bertz CT molecular complexity index is 294. The Labute approximate surface area is 89.7 Å². The van der Waals surface area contributed by atoms with Crippen LogP contribution in [0.25, 0.3) is 0 Å². The highest BCUT2D eigenvalue weighted by Gasteiger charge is 2.23. The van der Waals surface area contributed by atoms with Crippen LogP contribution in [-0.2, 0) is 0 Å². The summed E-state index contributed by atoms with van der Waals surface area (Å²) in [6, 6.07) is 0.887. The highest BCUT2D eigenvalue weighted by atomic mass is 15.3. The van der Waals surface area contributed by atoms with E-state index in [1.165, 1.54) is 0 Å². The molecule has 5 heteroatoms. The van der Waals surface area contributed by atoms with Gasteiger partial charge in [-0.15, -0.1) is 5.10 Å². The lowest BCUT2D eigenvalue weighted by atomic mass is 9.91. The largest absolute Gasteiger partial charge is 0.340 e. The first kappa shape index (κ1) is 10.3. The number of nitrogens with two attached hydrogens (primary N) is 1. The quantitative estimate of drug-likeness (QED) is 0.768. The molecule has 1 aliphatic rings. The van der Waals surface area contributed by atoms with E-state index in [0.29, 0.717) is 18.0 Å². The van der Waals surface area contributed by atoms with Crippen LogP contribution in [0, 0.1) is 0 Å². The molecule has 1 aliphatic carbocycles. The van der Waals surface area contributed by atoms with Gasteiger partial charge in [0.2, 0.25) is 5.95 Å². The molecule has 0 atom stereocenters. The van der Waals surface area contributed by atoms with Gasteiger partial charge in [-0.3, -0.25) is 0 Å². The third-order valence-electron chi connectivity index (χ3n) is 3.08. The van der Waals surface area contributed by atoms with E-state index in [-0.39, 0.29) is 0 Å². The summed E-state index contributed by atoms with van der Waals surface area (Å²) >= 11 is 0. The van der Waals surface area contributed by atoms with Gasteiger partial charge >= 0.3 is 0 Å². The molecule has 1 aromatic heterocycles. The average molecular weight is 207 g/mol. The van der Waals surface area contributed by atoms with Crippen LogP contribution in [0.15, 0.2) is 12.4 Å². The predicted octanol–water partition coefficient (Wildman–Crippen LogP) is 0.578. The molecule has 2 N–H and O–H groups in total. The maximum Gasteiger partial charge on any atom is 0.245 e. The number of hydrogen-bond acceptors (Lipinski definition) is 5. The second-order valence-corrected chi connectivity index (χ2v) is 4.12. The predicted molar refractivity (Wildman–Crippen MR) is 58.5 cm³/mol. The molecule has 0 spiro atoms. The zero-order valence-corrected chi connectivity index (χ0v) is 9.00. The fourth-order valence-corrected chi connectivity index (χ4v) is 2.05. The first-order valence-electron chi connectivity index (χ1n) is 5.39. The normalized spacial score (nSPS) is 26.3. The molecule has 2 rings (SSSR count). The Balaban J connectivity index is 1.99. The molecular formula is C10H17N5. The topological polar surface area (TPSA) is 67.9 Å². The van der Waals surface area contributed by atoms with Crippen molar-refractivity contribution >= 4 is 5.95 Å². The number of nitrogens with zero attached hydrogens (tertiary/aromatic N) is 4. The van der Waals surface area contributed by atoms with Crippen LogP contribution in [0.2, 0.25) is 0 Å². The highest BCUT2D eigenvalue weighted by Crippen LogP contribution is 2.22. The van der Waals surface area contributed by atoms with Gasteiger partial charge in [-0.2, -0.15) is 5.10 Å².